The van der Waals surface area contributed by atoms with E-state index in [4.69, 9.17) is 10.3 Å². The molecule has 2 N–H and O–H groups in total. The van der Waals surface area contributed by atoms with Crippen LogP contribution in [0.3, 0.4) is 0 Å². The molecule has 0 amide bonds. The summed E-state index contributed by atoms with van der Waals surface area (Å²) >= 11 is 0. The van der Waals surface area contributed by atoms with Crippen molar-refractivity contribution >= 4 is 10.9 Å². The van der Waals surface area contributed by atoms with E-state index in [1.54, 1.807) is 4.74 Å². The van der Waals surface area contributed by atoms with Crippen LogP contribution in [0.4, 0.5) is 0 Å². The minimum Gasteiger partial charge on any atom is -0.335 e. The van der Waals surface area contributed by atoms with Crippen LogP contribution >= 0.6 is 0 Å². The average Bonchev–Trinajstić information content (AvgIpc) is 2.55. The van der Waals surface area contributed by atoms with E-state index in [0.29, 0.717) is 17.8 Å². The fourth-order valence-electron chi connectivity index (χ4n) is 2.03. The molecule has 0 aliphatic heterocycles. The Balaban J connectivity index is 2.68. The van der Waals surface area contributed by atoms with Crippen molar-refractivity contribution in [2.75, 3.05) is 0 Å². The molecule has 0 spiro atoms. The van der Waals surface area contributed by atoms with Crippen LogP contribution in [0.15, 0.2) is 27.5 Å². The van der Waals surface area contributed by atoms with E-state index < -0.39 is 0 Å². The van der Waals surface area contributed by atoms with Crippen molar-refractivity contribution in [3.63, 3.8) is 0 Å². The van der Waals surface area contributed by atoms with Gasteiger partial charge in [-0.3, -0.25) is 0 Å². The maximum Gasteiger partial charge on any atom is 0.365 e. The first kappa shape index (κ1) is 11.9. The lowest BCUT2D eigenvalue weighted by molar-refractivity contribution is 0.238. The number of hydrogen-bond donors (Lipinski definition) is 1. The number of rotatable bonds is 3. The molecule has 1 unspecified atom stereocenters. The second kappa shape index (κ2) is 4.37. The third-order valence-electron chi connectivity index (χ3n) is 2.76. The SMILES string of the molecule is CC(C)Cn1oc(=O)c2c(C(C)N)cccc21. The lowest BCUT2D eigenvalue weighted by Gasteiger charge is -2.07. The van der Waals surface area contributed by atoms with Gasteiger partial charge < -0.3 is 10.3 Å². The van der Waals surface area contributed by atoms with Crippen LogP contribution in [0.1, 0.15) is 32.4 Å². The van der Waals surface area contributed by atoms with Gasteiger partial charge in [0, 0.05) is 6.04 Å². The van der Waals surface area contributed by atoms with Gasteiger partial charge in [0.2, 0.25) is 0 Å². The summed E-state index contributed by atoms with van der Waals surface area (Å²) in [7, 11) is 0. The Hall–Kier alpha value is -1.55. The topological polar surface area (TPSA) is 61.2 Å². The molecule has 1 heterocycles. The Bertz CT molecular complexity index is 579. The van der Waals surface area contributed by atoms with Crippen LogP contribution in [0.5, 0.6) is 0 Å². The Morgan fingerprint density at radius 2 is 2.06 bits per heavy atom. The summed E-state index contributed by atoms with van der Waals surface area (Å²) in [5.41, 5.74) is 7.25. The highest BCUT2D eigenvalue weighted by Crippen LogP contribution is 2.21. The zero-order valence-electron chi connectivity index (χ0n) is 10.4. The molecule has 0 bridgehead atoms. The highest BCUT2D eigenvalue weighted by atomic mass is 16.5. The Labute approximate surface area is 100.0 Å². The molecule has 2 aromatic rings. The molecule has 4 nitrogen and oxygen atoms in total. The summed E-state index contributed by atoms with van der Waals surface area (Å²) in [6.07, 6.45) is 0. The van der Waals surface area contributed by atoms with Gasteiger partial charge in [-0.15, -0.1) is 0 Å². The van der Waals surface area contributed by atoms with Crippen molar-refractivity contribution in [3.8, 4) is 0 Å². The van der Waals surface area contributed by atoms with Crippen LogP contribution in [0.2, 0.25) is 0 Å². The molecule has 1 aromatic heterocycles. The van der Waals surface area contributed by atoms with E-state index in [-0.39, 0.29) is 11.7 Å². The largest absolute Gasteiger partial charge is 0.365 e. The molecule has 0 saturated carbocycles. The van der Waals surface area contributed by atoms with E-state index >= 15 is 0 Å². The van der Waals surface area contributed by atoms with Gasteiger partial charge >= 0.3 is 5.63 Å². The maximum absolute atomic E-state index is 11.9. The smallest absolute Gasteiger partial charge is 0.335 e. The molecule has 0 saturated heterocycles. The van der Waals surface area contributed by atoms with Gasteiger partial charge in [0.05, 0.1) is 17.4 Å². The molecular weight excluding hydrogens is 216 g/mol. The minimum absolute atomic E-state index is 0.170. The average molecular weight is 234 g/mol. The molecule has 4 heteroatoms. The van der Waals surface area contributed by atoms with Gasteiger partial charge in [0.15, 0.2) is 0 Å². The molecule has 17 heavy (non-hydrogen) atoms. The molecule has 92 valence electrons. The predicted molar refractivity (Wildman–Crippen MR) is 67.9 cm³/mol. The van der Waals surface area contributed by atoms with E-state index in [0.717, 1.165) is 11.1 Å². The van der Waals surface area contributed by atoms with Gasteiger partial charge in [0.25, 0.3) is 0 Å². The number of nitrogens with two attached hydrogens (primary N) is 1. The molecule has 0 aliphatic carbocycles. The van der Waals surface area contributed by atoms with Crippen molar-refractivity contribution < 1.29 is 4.52 Å². The Kier molecular flexibility index (Phi) is 3.07. The summed E-state index contributed by atoms with van der Waals surface area (Å²) in [5.74, 6) is 0.424. The van der Waals surface area contributed by atoms with Crippen LogP contribution in [-0.4, -0.2) is 4.74 Å². The lowest BCUT2D eigenvalue weighted by atomic mass is 10.0. The zero-order chi connectivity index (χ0) is 12.6. The fraction of sp³-hybridized carbons (Fsp3) is 0.462. The molecule has 0 aliphatic rings. The number of fused-ring (bicyclic) bond motifs is 1. The van der Waals surface area contributed by atoms with Gasteiger partial charge in [-0.2, -0.15) is 0 Å². The van der Waals surface area contributed by atoms with Crippen LogP contribution in [0, 0.1) is 5.92 Å². The van der Waals surface area contributed by atoms with Crippen LogP contribution < -0.4 is 11.4 Å². The Morgan fingerprint density at radius 3 is 2.65 bits per heavy atom. The van der Waals surface area contributed by atoms with E-state index in [9.17, 15) is 4.79 Å². The summed E-state index contributed by atoms with van der Waals surface area (Å²) in [6, 6.07) is 5.52. The van der Waals surface area contributed by atoms with Gasteiger partial charge in [-0.05, 0) is 24.5 Å². The molecule has 2 rings (SSSR count). The summed E-state index contributed by atoms with van der Waals surface area (Å²) in [4.78, 5) is 11.9. The number of aromatic nitrogens is 1. The summed E-state index contributed by atoms with van der Waals surface area (Å²) in [5, 5.41) is 0.614. The minimum atomic E-state index is -0.298. The first-order chi connectivity index (χ1) is 8.00. The van der Waals surface area contributed by atoms with Crippen LogP contribution in [-0.2, 0) is 6.54 Å². The normalized spacial score (nSPS) is 13.5. The number of nitrogens with zero attached hydrogens (tertiary/aromatic N) is 1. The van der Waals surface area contributed by atoms with E-state index in [1.165, 1.54) is 0 Å². The third-order valence-corrected chi connectivity index (χ3v) is 2.76. The summed E-state index contributed by atoms with van der Waals surface area (Å²) < 4.78 is 6.93. The van der Waals surface area contributed by atoms with Crippen molar-refractivity contribution in [2.24, 2.45) is 11.7 Å². The van der Waals surface area contributed by atoms with Crippen molar-refractivity contribution in [1.82, 2.24) is 4.74 Å². The number of hydrogen-bond acceptors (Lipinski definition) is 3. The molecule has 1 atom stereocenters. The van der Waals surface area contributed by atoms with Gasteiger partial charge in [0.1, 0.15) is 0 Å². The fourth-order valence-corrected chi connectivity index (χ4v) is 2.03. The van der Waals surface area contributed by atoms with E-state index in [1.807, 2.05) is 25.1 Å². The molecule has 0 radical (unpaired) electrons. The van der Waals surface area contributed by atoms with Gasteiger partial charge in [-0.25, -0.2) is 9.53 Å². The standard InChI is InChI=1S/C13H18N2O2/c1-8(2)7-15-11-6-4-5-10(9(3)14)12(11)13(16)17-15/h4-6,8-9H,7,14H2,1-3H3. The highest BCUT2D eigenvalue weighted by Gasteiger charge is 2.15. The maximum atomic E-state index is 11.9. The van der Waals surface area contributed by atoms with E-state index in [2.05, 4.69) is 13.8 Å². The molecular formula is C13H18N2O2. The lowest BCUT2D eigenvalue weighted by Crippen LogP contribution is -2.08. The summed E-state index contributed by atoms with van der Waals surface area (Å²) in [6.45, 7) is 6.73. The second-order valence-electron chi connectivity index (χ2n) is 4.86. The monoisotopic (exact) mass is 234 g/mol. The van der Waals surface area contributed by atoms with Crippen molar-refractivity contribution in [3.05, 3.63) is 34.2 Å². The predicted octanol–water partition coefficient (Wildman–Crippen LogP) is 2.27. The molecule has 0 fully saturated rings. The van der Waals surface area contributed by atoms with Crippen molar-refractivity contribution in [1.29, 1.82) is 0 Å². The van der Waals surface area contributed by atoms with Crippen LogP contribution in [0.25, 0.3) is 10.9 Å². The van der Waals surface area contributed by atoms with Gasteiger partial charge in [-0.1, -0.05) is 26.0 Å². The second-order valence-corrected chi connectivity index (χ2v) is 4.86. The first-order valence-electron chi connectivity index (χ1n) is 5.89. The quantitative estimate of drug-likeness (QED) is 0.886. The highest BCUT2D eigenvalue weighted by molar-refractivity contribution is 5.81. The van der Waals surface area contributed by atoms with Crippen molar-refractivity contribution in [2.45, 2.75) is 33.4 Å². The third kappa shape index (κ3) is 2.13. The Morgan fingerprint density at radius 1 is 1.35 bits per heavy atom. The first-order valence-corrected chi connectivity index (χ1v) is 5.89. The molecule has 1 aromatic carbocycles. The number of benzene rings is 1. The zero-order valence-corrected chi connectivity index (χ0v) is 10.4.